The average molecular weight is 333 g/mol. The molecule has 0 radical (unpaired) electrons. The van der Waals surface area contributed by atoms with Crippen molar-refractivity contribution in [2.24, 2.45) is 0 Å². The standard InChI is InChI=1S/C20H19N3S/c1-14-7-11-19(12-8-14)21-20(24)23-22-15(2)17-10-9-16-5-3-4-6-18(16)13-17/h3-13,22H,2H2,1H3,(H2,21,23,24). The summed E-state index contributed by atoms with van der Waals surface area (Å²) in [6, 6.07) is 22.5. The zero-order valence-corrected chi connectivity index (χ0v) is 14.3. The van der Waals surface area contributed by atoms with Crippen molar-refractivity contribution in [3.8, 4) is 0 Å². The van der Waals surface area contributed by atoms with Crippen LogP contribution in [-0.2, 0) is 0 Å². The van der Waals surface area contributed by atoms with Crippen molar-refractivity contribution in [1.29, 1.82) is 0 Å². The fraction of sp³-hybridized carbons (Fsp3) is 0.0500. The smallest absolute Gasteiger partial charge is 0.189 e. The van der Waals surface area contributed by atoms with Gasteiger partial charge in [0.1, 0.15) is 0 Å². The number of anilines is 1. The molecule has 3 nitrogen and oxygen atoms in total. The maximum absolute atomic E-state index is 5.29. The molecule has 0 aliphatic rings. The van der Waals surface area contributed by atoms with Crippen LogP contribution >= 0.6 is 12.2 Å². The third kappa shape index (κ3) is 3.91. The van der Waals surface area contributed by atoms with E-state index in [1.165, 1.54) is 16.3 Å². The summed E-state index contributed by atoms with van der Waals surface area (Å²) in [6.07, 6.45) is 0. The minimum Gasteiger partial charge on any atom is -0.331 e. The zero-order chi connectivity index (χ0) is 16.9. The highest BCUT2D eigenvalue weighted by Crippen LogP contribution is 2.18. The molecular formula is C20H19N3S. The minimum atomic E-state index is 0.487. The summed E-state index contributed by atoms with van der Waals surface area (Å²) in [7, 11) is 0. The molecule has 3 N–H and O–H groups in total. The summed E-state index contributed by atoms with van der Waals surface area (Å²) in [5.74, 6) is 0. The van der Waals surface area contributed by atoms with Gasteiger partial charge in [-0.2, -0.15) is 0 Å². The molecule has 0 bridgehead atoms. The molecular weight excluding hydrogens is 314 g/mol. The Labute approximate surface area is 147 Å². The molecule has 0 aliphatic carbocycles. The minimum absolute atomic E-state index is 0.487. The van der Waals surface area contributed by atoms with Crippen LogP contribution in [0.4, 0.5) is 5.69 Å². The maximum Gasteiger partial charge on any atom is 0.189 e. The van der Waals surface area contributed by atoms with Gasteiger partial charge in [-0.1, -0.05) is 60.7 Å². The molecule has 0 spiro atoms. The molecule has 0 amide bonds. The average Bonchev–Trinajstić information content (AvgIpc) is 2.61. The SMILES string of the molecule is C=C(NNC(=S)Nc1ccc(C)cc1)c1ccc2ccccc2c1. The third-order valence-corrected chi connectivity index (χ3v) is 3.94. The number of hydrogen-bond acceptors (Lipinski definition) is 2. The molecule has 3 rings (SSSR count). The lowest BCUT2D eigenvalue weighted by Gasteiger charge is -2.15. The topological polar surface area (TPSA) is 36.1 Å². The lowest BCUT2D eigenvalue weighted by molar-refractivity contribution is 0.851. The highest BCUT2D eigenvalue weighted by Gasteiger charge is 2.02. The van der Waals surface area contributed by atoms with Crippen LogP contribution in [0.15, 0.2) is 73.3 Å². The summed E-state index contributed by atoms with van der Waals surface area (Å²) in [5, 5.41) is 6.00. The fourth-order valence-corrected chi connectivity index (χ4v) is 2.55. The third-order valence-electron chi connectivity index (χ3n) is 3.73. The van der Waals surface area contributed by atoms with Crippen molar-refractivity contribution in [3.05, 3.63) is 84.4 Å². The lowest BCUT2D eigenvalue weighted by atomic mass is 10.1. The maximum atomic E-state index is 5.29. The molecule has 24 heavy (non-hydrogen) atoms. The predicted molar refractivity (Wildman–Crippen MR) is 107 cm³/mol. The Balaban J connectivity index is 1.59. The summed E-state index contributed by atoms with van der Waals surface area (Å²) >= 11 is 5.29. The molecule has 120 valence electrons. The van der Waals surface area contributed by atoms with E-state index in [0.717, 1.165) is 16.9 Å². The number of nitrogens with one attached hydrogen (secondary N) is 3. The van der Waals surface area contributed by atoms with Crippen molar-refractivity contribution >= 4 is 39.5 Å². The Morgan fingerprint density at radius 1 is 0.875 bits per heavy atom. The zero-order valence-electron chi connectivity index (χ0n) is 13.5. The number of thiocarbonyl (C=S) groups is 1. The number of hydrogen-bond donors (Lipinski definition) is 3. The van der Waals surface area contributed by atoms with E-state index in [0.29, 0.717) is 5.11 Å². The molecule has 0 heterocycles. The Morgan fingerprint density at radius 2 is 1.58 bits per heavy atom. The van der Waals surface area contributed by atoms with Gasteiger partial charge in [0, 0.05) is 5.69 Å². The van der Waals surface area contributed by atoms with E-state index < -0.39 is 0 Å². The van der Waals surface area contributed by atoms with Crippen LogP contribution in [0.1, 0.15) is 11.1 Å². The van der Waals surface area contributed by atoms with Crippen LogP contribution < -0.4 is 16.2 Å². The van der Waals surface area contributed by atoms with Crippen molar-refractivity contribution in [1.82, 2.24) is 10.9 Å². The first kappa shape index (κ1) is 16.0. The highest BCUT2D eigenvalue weighted by molar-refractivity contribution is 7.80. The normalized spacial score (nSPS) is 10.2. The molecule has 3 aromatic rings. The molecule has 0 atom stereocenters. The second kappa shape index (κ2) is 7.15. The number of aryl methyl sites for hydroxylation is 1. The molecule has 0 fully saturated rings. The van der Waals surface area contributed by atoms with E-state index in [2.05, 4.69) is 53.9 Å². The van der Waals surface area contributed by atoms with E-state index in [4.69, 9.17) is 12.2 Å². The first-order valence-corrected chi connectivity index (χ1v) is 8.10. The summed E-state index contributed by atoms with van der Waals surface area (Å²) in [5.41, 5.74) is 9.93. The second-order valence-electron chi connectivity index (χ2n) is 5.61. The Bertz CT molecular complexity index is 885. The van der Waals surface area contributed by atoms with Crippen LogP contribution in [0.3, 0.4) is 0 Å². The summed E-state index contributed by atoms with van der Waals surface area (Å²) in [4.78, 5) is 0. The van der Waals surface area contributed by atoms with E-state index in [1.807, 2.05) is 42.5 Å². The Hall–Kier alpha value is -2.85. The number of rotatable bonds is 4. The van der Waals surface area contributed by atoms with Crippen LogP contribution in [0.5, 0.6) is 0 Å². The number of benzene rings is 3. The van der Waals surface area contributed by atoms with Gasteiger partial charge in [-0.3, -0.25) is 10.9 Å². The van der Waals surface area contributed by atoms with Gasteiger partial charge in [-0.15, -0.1) is 0 Å². The van der Waals surface area contributed by atoms with Gasteiger partial charge >= 0.3 is 0 Å². The van der Waals surface area contributed by atoms with Crippen LogP contribution in [0.2, 0.25) is 0 Å². The number of fused-ring (bicyclic) bond motifs is 1. The van der Waals surface area contributed by atoms with Crippen molar-refractivity contribution in [2.45, 2.75) is 6.92 Å². The van der Waals surface area contributed by atoms with E-state index in [9.17, 15) is 0 Å². The van der Waals surface area contributed by atoms with Gasteiger partial charge in [0.25, 0.3) is 0 Å². The molecule has 0 unspecified atom stereocenters. The number of hydrazine groups is 1. The second-order valence-corrected chi connectivity index (χ2v) is 6.02. The van der Waals surface area contributed by atoms with Gasteiger partial charge in [0.15, 0.2) is 5.11 Å². The molecule has 0 aromatic heterocycles. The molecule has 0 aliphatic heterocycles. The monoisotopic (exact) mass is 333 g/mol. The lowest BCUT2D eigenvalue weighted by Crippen LogP contribution is -2.38. The van der Waals surface area contributed by atoms with Crippen molar-refractivity contribution in [3.63, 3.8) is 0 Å². The molecule has 4 heteroatoms. The van der Waals surface area contributed by atoms with Crippen LogP contribution in [-0.4, -0.2) is 5.11 Å². The van der Waals surface area contributed by atoms with Crippen molar-refractivity contribution in [2.75, 3.05) is 5.32 Å². The van der Waals surface area contributed by atoms with Crippen LogP contribution in [0.25, 0.3) is 16.5 Å². The van der Waals surface area contributed by atoms with Gasteiger partial charge in [0.2, 0.25) is 0 Å². The van der Waals surface area contributed by atoms with Crippen molar-refractivity contribution < 1.29 is 0 Å². The van der Waals surface area contributed by atoms with Gasteiger partial charge < -0.3 is 5.32 Å². The van der Waals surface area contributed by atoms with Gasteiger partial charge in [-0.25, -0.2) is 0 Å². The first-order valence-electron chi connectivity index (χ1n) is 7.69. The highest BCUT2D eigenvalue weighted by atomic mass is 32.1. The summed E-state index contributed by atoms with van der Waals surface area (Å²) in [6.45, 7) is 6.11. The first-order chi connectivity index (χ1) is 11.6. The van der Waals surface area contributed by atoms with Gasteiger partial charge in [0.05, 0.1) is 5.70 Å². The van der Waals surface area contributed by atoms with Gasteiger partial charge in [-0.05, 0) is 53.7 Å². The predicted octanol–water partition coefficient (Wildman–Crippen LogP) is 4.61. The molecule has 3 aromatic carbocycles. The fourth-order valence-electron chi connectivity index (χ4n) is 2.38. The molecule has 0 saturated heterocycles. The van der Waals surface area contributed by atoms with E-state index in [-0.39, 0.29) is 0 Å². The quantitative estimate of drug-likeness (QED) is 0.481. The Kier molecular flexibility index (Phi) is 4.77. The van der Waals surface area contributed by atoms with E-state index in [1.54, 1.807) is 0 Å². The van der Waals surface area contributed by atoms with Crippen LogP contribution in [0, 0.1) is 6.92 Å². The van der Waals surface area contributed by atoms with E-state index >= 15 is 0 Å². The molecule has 0 saturated carbocycles. The largest absolute Gasteiger partial charge is 0.331 e. The Morgan fingerprint density at radius 3 is 2.33 bits per heavy atom. The summed E-state index contributed by atoms with van der Waals surface area (Å²) < 4.78 is 0.